The van der Waals surface area contributed by atoms with Crippen molar-refractivity contribution in [3.8, 4) is 0 Å². The largest absolute Gasteiger partial charge is 0.378 e. The molecule has 18 heavy (non-hydrogen) atoms. The smallest absolute Gasteiger partial charge is 0.222 e. The van der Waals surface area contributed by atoms with Gasteiger partial charge in [0.1, 0.15) is 0 Å². The van der Waals surface area contributed by atoms with Gasteiger partial charge in [0.15, 0.2) is 0 Å². The zero-order chi connectivity index (χ0) is 12.8. The Morgan fingerprint density at radius 2 is 2.39 bits per heavy atom. The Hall–Kier alpha value is -1.06. The highest BCUT2D eigenvalue weighted by Crippen LogP contribution is 2.15. The number of hydrogen-bond acceptors (Lipinski definition) is 2. The van der Waals surface area contributed by atoms with Crippen LogP contribution in [0.25, 0.3) is 0 Å². The Labute approximate surface area is 112 Å². The second-order valence-electron chi connectivity index (χ2n) is 4.57. The third kappa shape index (κ3) is 4.31. The lowest BCUT2D eigenvalue weighted by atomic mass is 10.1. The molecule has 0 bridgehead atoms. The predicted octanol–water partition coefficient (Wildman–Crippen LogP) is 2.57. The normalized spacial score (nSPS) is 18.8. The van der Waals surface area contributed by atoms with Gasteiger partial charge in [-0.05, 0) is 37.0 Å². The molecule has 1 saturated heterocycles. The number of nitrogens with one attached hydrogen (secondary N) is 1. The first-order valence-electron chi connectivity index (χ1n) is 6.37. The van der Waals surface area contributed by atoms with E-state index in [-0.39, 0.29) is 12.0 Å². The lowest BCUT2D eigenvalue weighted by Crippen LogP contribution is -2.28. The van der Waals surface area contributed by atoms with Crippen molar-refractivity contribution in [2.24, 2.45) is 0 Å². The maximum atomic E-state index is 11.6. The van der Waals surface area contributed by atoms with Gasteiger partial charge in [0, 0.05) is 18.2 Å². The van der Waals surface area contributed by atoms with Crippen LogP contribution in [0.2, 0.25) is 5.02 Å². The number of rotatable bonds is 5. The molecule has 1 aromatic carbocycles. The highest BCUT2D eigenvalue weighted by molar-refractivity contribution is 6.30. The molecule has 0 radical (unpaired) electrons. The van der Waals surface area contributed by atoms with Gasteiger partial charge in [-0.1, -0.05) is 23.7 Å². The van der Waals surface area contributed by atoms with Gasteiger partial charge < -0.3 is 10.1 Å². The van der Waals surface area contributed by atoms with Crippen LogP contribution in [0.15, 0.2) is 24.3 Å². The van der Waals surface area contributed by atoms with E-state index in [0.29, 0.717) is 13.0 Å². The van der Waals surface area contributed by atoms with Gasteiger partial charge in [0.2, 0.25) is 5.91 Å². The summed E-state index contributed by atoms with van der Waals surface area (Å²) in [4.78, 5) is 11.6. The maximum Gasteiger partial charge on any atom is 0.222 e. The molecule has 1 aromatic rings. The fraction of sp³-hybridized carbons (Fsp3) is 0.500. The minimum Gasteiger partial charge on any atom is -0.378 e. The van der Waals surface area contributed by atoms with Gasteiger partial charge in [-0.25, -0.2) is 0 Å². The van der Waals surface area contributed by atoms with Crippen LogP contribution in [0.5, 0.6) is 0 Å². The van der Waals surface area contributed by atoms with Crippen LogP contribution < -0.4 is 5.32 Å². The van der Waals surface area contributed by atoms with Crippen LogP contribution >= 0.6 is 11.6 Å². The predicted molar refractivity (Wildman–Crippen MR) is 71.8 cm³/mol. The zero-order valence-corrected chi connectivity index (χ0v) is 11.1. The fourth-order valence-electron chi connectivity index (χ4n) is 2.12. The highest BCUT2D eigenvalue weighted by atomic mass is 35.5. The summed E-state index contributed by atoms with van der Waals surface area (Å²) in [5.41, 5.74) is 1.14. The Kier molecular flexibility index (Phi) is 5.02. The number of amides is 1. The lowest BCUT2D eigenvalue weighted by Gasteiger charge is -2.09. The third-order valence-electron chi connectivity index (χ3n) is 3.06. The molecule has 98 valence electrons. The molecule has 3 nitrogen and oxygen atoms in total. The van der Waals surface area contributed by atoms with E-state index in [1.165, 1.54) is 0 Å². The van der Waals surface area contributed by atoms with E-state index in [2.05, 4.69) is 5.32 Å². The van der Waals surface area contributed by atoms with Gasteiger partial charge in [0.25, 0.3) is 0 Å². The molecule has 0 saturated carbocycles. The van der Waals surface area contributed by atoms with Gasteiger partial charge in [-0.3, -0.25) is 4.79 Å². The summed E-state index contributed by atoms with van der Waals surface area (Å²) in [6.07, 6.45) is 3.48. The molecular weight excluding hydrogens is 250 g/mol. The average molecular weight is 268 g/mol. The summed E-state index contributed by atoms with van der Waals surface area (Å²) >= 11 is 5.90. The van der Waals surface area contributed by atoms with Crippen LogP contribution in [0.3, 0.4) is 0 Å². The number of carbonyl (C=O) groups is 1. The molecule has 4 heteroatoms. The van der Waals surface area contributed by atoms with Gasteiger partial charge >= 0.3 is 0 Å². The summed E-state index contributed by atoms with van der Waals surface area (Å²) in [6.45, 7) is 1.44. The van der Waals surface area contributed by atoms with Crippen molar-refractivity contribution >= 4 is 17.5 Å². The summed E-state index contributed by atoms with van der Waals surface area (Å²) in [5.74, 6) is 0.0731. The van der Waals surface area contributed by atoms with E-state index in [0.717, 1.165) is 36.5 Å². The quantitative estimate of drug-likeness (QED) is 0.890. The first-order chi connectivity index (χ1) is 8.74. The van der Waals surface area contributed by atoms with Crippen molar-refractivity contribution in [1.82, 2.24) is 5.32 Å². The standard InChI is InChI=1S/C14H18ClNO2/c15-12-4-1-3-11(9-12)6-7-16-14(17)10-13-5-2-8-18-13/h1,3-4,9,13H,2,5-8,10H2,(H,16,17). The Bertz CT molecular complexity index is 403. The molecule has 1 heterocycles. The second kappa shape index (κ2) is 6.76. The van der Waals surface area contributed by atoms with E-state index in [4.69, 9.17) is 16.3 Å². The second-order valence-corrected chi connectivity index (χ2v) is 5.01. The SMILES string of the molecule is O=C(CC1CCCO1)NCCc1cccc(Cl)c1. The molecule has 1 aliphatic heterocycles. The fourth-order valence-corrected chi connectivity index (χ4v) is 2.34. The van der Waals surface area contributed by atoms with E-state index in [1.807, 2.05) is 24.3 Å². The van der Waals surface area contributed by atoms with Crippen LogP contribution in [-0.2, 0) is 16.0 Å². The van der Waals surface area contributed by atoms with Crippen molar-refractivity contribution in [2.45, 2.75) is 31.8 Å². The molecule has 1 amide bonds. The number of benzene rings is 1. The van der Waals surface area contributed by atoms with Gasteiger partial charge in [-0.15, -0.1) is 0 Å². The zero-order valence-electron chi connectivity index (χ0n) is 10.3. The molecule has 1 N–H and O–H groups in total. The monoisotopic (exact) mass is 267 g/mol. The highest BCUT2D eigenvalue weighted by Gasteiger charge is 2.18. The Morgan fingerprint density at radius 3 is 3.11 bits per heavy atom. The molecule has 1 fully saturated rings. The van der Waals surface area contributed by atoms with E-state index >= 15 is 0 Å². The first-order valence-corrected chi connectivity index (χ1v) is 6.74. The summed E-state index contributed by atoms with van der Waals surface area (Å²) in [7, 11) is 0. The minimum absolute atomic E-state index is 0.0731. The maximum absolute atomic E-state index is 11.6. The topological polar surface area (TPSA) is 38.3 Å². The van der Waals surface area contributed by atoms with Crippen molar-refractivity contribution in [1.29, 1.82) is 0 Å². The van der Waals surface area contributed by atoms with Gasteiger partial charge in [-0.2, -0.15) is 0 Å². The molecule has 1 unspecified atom stereocenters. The average Bonchev–Trinajstić information content (AvgIpc) is 2.82. The van der Waals surface area contributed by atoms with Crippen LogP contribution in [0, 0.1) is 0 Å². The molecule has 0 aromatic heterocycles. The van der Waals surface area contributed by atoms with Crippen molar-refractivity contribution < 1.29 is 9.53 Å². The lowest BCUT2D eigenvalue weighted by molar-refractivity contribution is -0.123. The number of carbonyl (C=O) groups excluding carboxylic acids is 1. The van der Waals surface area contributed by atoms with Crippen molar-refractivity contribution in [2.75, 3.05) is 13.2 Å². The number of halogens is 1. The van der Waals surface area contributed by atoms with Crippen molar-refractivity contribution in [3.63, 3.8) is 0 Å². The van der Waals surface area contributed by atoms with Crippen LogP contribution in [-0.4, -0.2) is 25.2 Å². The molecule has 2 rings (SSSR count). The Morgan fingerprint density at radius 1 is 1.50 bits per heavy atom. The van der Waals surface area contributed by atoms with Crippen LogP contribution in [0.1, 0.15) is 24.8 Å². The molecule has 0 aliphatic carbocycles. The molecular formula is C14H18ClNO2. The van der Waals surface area contributed by atoms with E-state index < -0.39 is 0 Å². The summed E-state index contributed by atoms with van der Waals surface area (Å²) in [5, 5.41) is 3.65. The third-order valence-corrected chi connectivity index (χ3v) is 3.30. The van der Waals surface area contributed by atoms with Crippen LogP contribution in [0.4, 0.5) is 0 Å². The van der Waals surface area contributed by atoms with E-state index in [1.54, 1.807) is 0 Å². The Balaban J connectivity index is 1.66. The van der Waals surface area contributed by atoms with Crippen molar-refractivity contribution in [3.05, 3.63) is 34.9 Å². The summed E-state index contributed by atoms with van der Waals surface area (Å²) < 4.78 is 5.43. The molecule has 1 atom stereocenters. The molecule has 1 aliphatic rings. The molecule has 0 spiro atoms. The number of hydrogen-bond donors (Lipinski definition) is 1. The van der Waals surface area contributed by atoms with E-state index in [9.17, 15) is 4.79 Å². The number of ether oxygens (including phenoxy) is 1. The van der Waals surface area contributed by atoms with Gasteiger partial charge in [0.05, 0.1) is 12.5 Å². The summed E-state index contributed by atoms with van der Waals surface area (Å²) in [6, 6.07) is 7.71. The first kappa shape index (κ1) is 13.4. The minimum atomic E-state index is 0.0731.